The van der Waals surface area contributed by atoms with Crippen LogP contribution in [0.15, 0.2) is 0 Å². The smallest absolute Gasteiger partial charge is 0.225 e. The average molecular weight is 386 g/mol. The number of amides is 2. The first kappa shape index (κ1) is 21.5. The van der Waals surface area contributed by atoms with Gasteiger partial charge < -0.3 is 15.5 Å². The first-order chi connectivity index (χ1) is 12.1. The number of piperazine rings is 1. The molecule has 26 heavy (non-hydrogen) atoms. The Bertz CT molecular complexity index is 460. The van der Waals surface area contributed by atoms with Gasteiger partial charge in [0.25, 0.3) is 0 Å². The summed E-state index contributed by atoms with van der Waals surface area (Å²) in [6.45, 7) is 2.79. The topological polar surface area (TPSA) is 66.6 Å². The maximum atomic E-state index is 12.7. The number of nitrogens with zero attached hydrogens (tertiary/aromatic N) is 2. The first-order valence-electron chi connectivity index (χ1n) is 10.5. The quantitative estimate of drug-likeness (QED) is 0.808. The van der Waals surface area contributed by atoms with Crippen LogP contribution in [0.3, 0.4) is 0 Å². The third-order valence-corrected chi connectivity index (χ3v) is 6.50. The SMILES string of the molecule is Cl.NC1CCCC(C(=O)N2CCN(C(=O)CCC3CCCCC3)CC2)C1. The zero-order valence-corrected chi connectivity index (χ0v) is 16.9. The molecule has 0 bridgehead atoms. The van der Waals surface area contributed by atoms with Crippen LogP contribution in [0.5, 0.6) is 0 Å². The van der Waals surface area contributed by atoms with Gasteiger partial charge in [-0.2, -0.15) is 0 Å². The van der Waals surface area contributed by atoms with Gasteiger partial charge in [0.15, 0.2) is 0 Å². The highest BCUT2D eigenvalue weighted by Gasteiger charge is 2.31. The lowest BCUT2D eigenvalue weighted by atomic mass is 9.85. The summed E-state index contributed by atoms with van der Waals surface area (Å²) in [5.74, 6) is 1.43. The minimum absolute atomic E-state index is 0. The van der Waals surface area contributed by atoms with E-state index in [1.165, 1.54) is 32.1 Å². The lowest BCUT2D eigenvalue weighted by molar-refractivity contribution is -0.143. The van der Waals surface area contributed by atoms with Gasteiger partial charge in [-0.15, -0.1) is 12.4 Å². The van der Waals surface area contributed by atoms with E-state index < -0.39 is 0 Å². The van der Waals surface area contributed by atoms with Gasteiger partial charge in [0.2, 0.25) is 11.8 Å². The van der Waals surface area contributed by atoms with Crippen molar-refractivity contribution in [3.63, 3.8) is 0 Å². The standard InChI is InChI=1S/C20H35N3O2.ClH/c21-18-8-4-7-17(15-18)20(25)23-13-11-22(12-14-23)19(24)10-9-16-5-2-1-3-6-16;/h16-18H,1-15,21H2;1H. The summed E-state index contributed by atoms with van der Waals surface area (Å²) < 4.78 is 0. The minimum atomic E-state index is 0. The summed E-state index contributed by atoms with van der Waals surface area (Å²) >= 11 is 0. The van der Waals surface area contributed by atoms with Gasteiger partial charge in [0.05, 0.1) is 0 Å². The Labute approximate surface area is 164 Å². The van der Waals surface area contributed by atoms with Crippen molar-refractivity contribution in [3.05, 3.63) is 0 Å². The van der Waals surface area contributed by atoms with Crippen molar-refractivity contribution in [2.75, 3.05) is 26.2 Å². The molecule has 5 nitrogen and oxygen atoms in total. The van der Waals surface area contributed by atoms with Crippen LogP contribution in [0, 0.1) is 11.8 Å². The van der Waals surface area contributed by atoms with Crippen molar-refractivity contribution >= 4 is 24.2 Å². The summed E-state index contributed by atoms with van der Waals surface area (Å²) in [4.78, 5) is 29.1. The molecule has 3 rings (SSSR count). The molecule has 2 amide bonds. The van der Waals surface area contributed by atoms with E-state index in [1.807, 2.05) is 9.80 Å². The fraction of sp³-hybridized carbons (Fsp3) is 0.900. The number of hydrogen-bond donors (Lipinski definition) is 1. The van der Waals surface area contributed by atoms with Gasteiger partial charge in [-0.05, 0) is 31.6 Å². The van der Waals surface area contributed by atoms with Crippen molar-refractivity contribution in [2.24, 2.45) is 17.6 Å². The second-order valence-electron chi connectivity index (χ2n) is 8.37. The van der Waals surface area contributed by atoms with E-state index in [-0.39, 0.29) is 36.2 Å². The molecule has 2 saturated carbocycles. The van der Waals surface area contributed by atoms with Gasteiger partial charge in [0, 0.05) is 44.6 Å². The third kappa shape index (κ3) is 5.85. The van der Waals surface area contributed by atoms with Crippen LogP contribution in [-0.2, 0) is 9.59 Å². The van der Waals surface area contributed by atoms with Gasteiger partial charge in [-0.25, -0.2) is 0 Å². The summed E-state index contributed by atoms with van der Waals surface area (Å²) in [7, 11) is 0. The van der Waals surface area contributed by atoms with Crippen molar-refractivity contribution in [2.45, 2.75) is 76.7 Å². The van der Waals surface area contributed by atoms with Gasteiger partial charge in [-0.3, -0.25) is 9.59 Å². The van der Waals surface area contributed by atoms with E-state index in [1.54, 1.807) is 0 Å². The molecule has 0 spiro atoms. The predicted molar refractivity (Wildman–Crippen MR) is 106 cm³/mol. The molecule has 1 heterocycles. The lowest BCUT2D eigenvalue weighted by Crippen LogP contribution is -2.52. The summed E-state index contributed by atoms with van der Waals surface area (Å²) in [5.41, 5.74) is 6.03. The molecule has 2 unspecified atom stereocenters. The maximum Gasteiger partial charge on any atom is 0.225 e. The molecule has 150 valence electrons. The highest BCUT2D eigenvalue weighted by Crippen LogP contribution is 2.28. The Balaban J connectivity index is 0.00000243. The Morgan fingerprint density at radius 2 is 1.50 bits per heavy atom. The molecule has 0 aromatic heterocycles. The summed E-state index contributed by atoms with van der Waals surface area (Å²) in [6, 6.07) is 0.186. The Hall–Kier alpha value is -0.810. The lowest BCUT2D eigenvalue weighted by Gasteiger charge is -2.38. The molecule has 6 heteroatoms. The number of hydrogen-bond acceptors (Lipinski definition) is 3. The molecule has 0 aromatic rings. The van der Waals surface area contributed by atoms with Crippen LogP contribution in [0.2, 0.25) is 0 Å². The van der Waals surface area contributed by atoms with Crippen molar-refractivity contribution < 1.29 is 9.59 Å². The first-order valence-corrected chi connectivity index (χ1v) is 10.5. The third-order valence-electron chi connectivity index (χ3n) is 6.50. The molecule has 2 aliphatic carbocycles. The monoisotopic (exact) mass is 385 g/mol. The Morgan fingerprint density at radius 1 is 0.846 bits per heavy atom. The Morgan fingerprint density at radius 3 is 2.15 bits per heavy atom. The number of halogens is 1. The molecule has 3 aliphatic rings. The molecule has 2 atom stereocenters. The van der Waals surface area contributed by atoms with Crippen LogP contribution in [0.4, 0.5) is 0 Å². The zero-order chi connectivity index (χ0) is 17.6. The van der Waals surface area contributed by atoms with Crippen molar-refractivity contribution in [1.29, 1.82) is 0 Å². The molecular weight excluding hydrogens is 350 g/mol. The molecule has 1 aliphatic heterocycles. The van der Waals surface area contributed by atoms with E-state index >= 15 is 0 Å². The van der Waals surface area contributed by atoms with E-state index in [0.717, 1.165) is 38.0 Å². The molecule has 3 fully saturated rings. The maximum absolute atomic E-state index is 12.7. The number of rotatable bonds is 4. The summed E-state index contributed by atoms with van der Waals surface area (Å²) in [5, 5.41) is 0. The van der Waals surface area contributed by atoms with Crippen molar-refractivity contribution in [3.8, 4) is 0 Å². The van der Waals surface area contributed by atoms with Crippen LogP contribution in [0.1, 0.15) is 70.6 Å². The molecule has 0 radical (unpaired) electrons. The Kier molecular flexibility index (Phi) is 8.68. The molecular formula is C20H36ClN3O2. The molecule has 0 aromatic carbocycles. The van der Waals surface area contributed by atoms with Gasteiger partial charge >= 0.3 is 0 Å². The second-order valence-corrected chi connectivity index (χ2v) is 8.37. The molecule has 2 N–H and O–H groups in total. The highest BCUT2D eigenvalue weighted by molar-refractivity contribution is 5.85. The van der Waals surface area contributed by atoms with E-state index in [2.05, 4.69) is 0 Å². The van der Waals surface area contributed by atoms with Crippen LogP contribution >= 0.6 is 12.4 Å². The molecule has 1 saturated heterocycles. The van der Waals surface area contributed by atoms with Gasteiger partial charge in [0.1, 0.15) is 0 Å². The minimum Gasteiger partial charge on any atom is -0.339 e. The van der Waals surface area contributed by atoms with Gasteiger partial charge in [-0.1, -0.05) is 38.5 Å². The van der Waals surface area contributed by atoms with Crippen LogP contribution in [-0.4, -0.2) is 53.8 Å². The normalized spacial score (nSPS) is 27.7. The fourth-order valence-corrected chi connectivity index (χ4v) is 4.85. The fourth-order valence-electron chi connectivity index (χ4n) is 4.85. The predicted octanol–water partition coefficient (Wildman–Crippen LogP) is 2.96. The van der Waals surface area contributed by atoms with Crippen LogP contribution < -0.4 is 5.73 Å². The van der Waals surface area contributed by atoms with E-state index in [4.69, 9.17) is 5.73 Å². The van der Waals surface area contributed by atoms with E-state index in [9.17, 15) is 9.59 Å². The second kappa shape index (κ2) is 10.5. The number of carbonyl (C=O) groups is 2. The van der Waals surface area contributed by atoms with Crippen molar-refractivity contribution in [1.82, 2.24) is 9.80 Å². The van der Waals surface area contributed by atoms with E-state index in [0.29, 0.717) is 32.6 Å². The van der Waals surface area contributed by atoms with Crippen LogP contribution in [0.25, 0.3) is 0 Å². The average Bonchev–Trinajstić information content (AvgIpc) is 2.66. The summed E-state index contributed by atoms with van der Waals surface area (Å²) in [6.07, 6.45) is 12.3. The number of carbonyl (C=O) groups excluding carboxylic acids is 2. The number of nitrogens with two attached hydrogens (primary N) is 1. The zero-order valence-electron chi connectivity index (χ0n) is 16.0. The largest absolute Gasteiger partial charge is 0.339 e. The highest BCUT2D eigenvalue weighted by atomic mass is 35.5.